The van der Waals surface area contributed by atoms with Gasteiger partial charge >= 0.3 is 11.9 Å². The number of allylic oxidation sites excluding steroid dienone is 1. The molecule has 0 fully saturated rings. The molecule has 0 aliphatic heterocycles. The molecule has 1 aromatic carbocycles. The summed E-state index contributed by atoms with van der Waals surface area (Å²) < 4.78 is 53.4. The van der Waals surface area contributed by atoms with Crippen LogP contribution in [0.25, 0.3) is 5.69 Å². The Morgan fingerprint density at radius 3 is 2.44 bits per heavy atom. The number of alkyl halides is 3. The van der Waals surface area contributed by atoms with E-state index in [4.69, 9.17) is 11.6 Å². The van der Waals surface area contributed by atoms with Gasteiger partial charge in [0.2, 0.25) is 0 Å². The van der Waals surface area contributed by atoms with Crippen molar-refractivity contribution in [3.05, 3.63) is 67.7 Å². The number of phenols is 1. The third kappa shape index (κ3) is 3.19. The van der Waals surface area contributed by atoms with Crippen molar-refractivity contribution in [3.8, 4) is 11.4 Å². The molecule has 2 aromatic rings. The minimum atomic E-state index is -4.95. The molecule has 0 bridgehead atoms. The number of rotatable bonds is 3. The fourth-order valence-corrected chi connectivity index (χ4v) is 2.54. The number of phenolic OH excluding ortho intramolecular Hbond substituents is 1. The first-order chi connectivity index (χ1) is 11.5. The zero-order valence-corrected chi connectivity index (χ0v) is 13.5. The number of aromatic hydroxyl groups is 1. The van der Waals surface area contributed by atoms with Crippen LogP contribution in [0.1, 0.15) is 11.3 Å². The third-order valence-corrected chi connectivity index (χ3v) is 3.75. The van der Waals surface area contributed by atoms with E-state index in [1.165, 1.54) is 6.08 Å². The van der Waals surface area contributed by atoms with Crippen molar-refractivity contribution < 1.29 is 22.7 Å². The Hall–Kier alpha value is -2.55. The van der Waals surface area contributed by atoms with Crippen LogP contribution in [-0.2, 0) is 19.6 Å². The van der Waals surface area contributed by atoms with E-state index in [0.29, 0.717) is 6.07 Å². The number of hydrogen-bond donors (Lipinski definition) is 1. The average molecular weight is 379 g/mol. The molecule has 134 valence electrons. The molecule has 1 N–H and O–H groups in total. The summed E-state index contributed by atoms with van der Waals surface area (Å²) in [5, 5.41) is 9.60. The second-order valence-electron chi connectivity index (χ2n) is 5.05. The Morgan fingerprint density at radius 1 is 1.32 bits per heavy atom. The van der Waals surface area contributed by atoms with Crippen molar-refractivity contribution in [2.45, 2.75) is 12.6 Å². The van der Waals surface area contributed by atoms with Gasteiger partial charge in [-0.15, -0.1) is 6.58 Å². The summed E-state index contributed by atoms with van der Waals surface area (Å²) in [7, 11) is 0.794. The van der Waals surface area contributed by atoms with Gasteiger partial charge in [0.1, 0.15) is 17.3 Å². The van der Waals surface area contributed by atoms with Crippen molar-refractivity contribution in [2.24, 2.45) is 7.05 Å². The minimum Gasteiger partial charge on any atom is -0.506 e. The van der Waals surface area contributed by atoms with E-state index in [0.717, 1.165) is 7.05 Å². The molecule has 1 aromatic heterocycles. The second kappa shape index (κ2) is 6.40. The van der Waals surface area contributed by atoms with Gasteiger partial charge in [0, 0.05) is 18.7 Å². The van der Waals surface area contributed by atoms with E-state index in [9.17, 15) is 32.3 Å². The smallest absolute Gasteiger partial charge is 0.431 e. The molecule has 0 radical (unpaired) electrons. The predicted molar refractivity (Wildman–Crippen MR) is 82.8 cm³/mol. The van der Waals surface area contributed by atoms with Gasteiger partial charge in [-0.05, 0) is 12.5 Å². The summed E-state index contributed by atoms with van der Waals surface area (Å²) >= 11 is 5.67. The lowest BCUT2D eigenvalue weighted by molar-refractivity contribution is -0.144. The number of halogens is 5. The molecule has 10 heteroatoms. The molecule has 2 rings (SSSR count). The highest BCUT2D eigenvalue weighted by Crippen LogP contribution is 2.34. The summed E-state index contributed by atoms with van der Waals surface area (Å²) in [5.41, 5.74) is -5.24. The Labute approximate surface area is 143 Å². The molecule has 0 unspecified atom stereocenters. The first-order valence-corrected chi connectivity index (χ1v) is 7.09. The number of hydrogen-bond acceptors (Lipinski definition) is 3. The zero-order valence-electron chi connectivity index (χ0n) is 12.7. The molecule has 1 heterocycles. The average Bonchev–Trinajstić information content (AvgIpc) is 2.50. The summed E-state index contributed by atoms with van der Waals surface area (Å²) in [5.74, 6) is -1.76. The van der Waals surface area contributed by atoms with Crippen molar-refractivity contribution in [3.63, 3.8) is 0 Å². The van der Waals surface area contributed by atoms with Crippen molar-refractivity contribution >= 4 is 11.6 Å². The van der Waals surface area contributed by atoms with Crippen LogP contribution in [-0.4, -0.2) is 14.2 Å². The van der Waals surface area contributed by atoms with Gasteiger partial charge in [-0.25, -0.2) is 13.8 Å². The van der Waals surface area contributed by atoms with Gasteiger partial charge in [-0.3, -0.25) is 9.36 Å². The SMILES string of the molecule is C=CCc1c(O)c(Cl)cc(F)c1-n1c(=O)cc(C(F)(F)F)n(C)c1=O. The first kappa shape index (κ1) is 18.8. The summed E-state index contributed by atoms with van der Waals surface area (Å²) in [6.45, 7) is 3.40. The van der Waals surface area contributed by atoms with Crippen molar-refractivity contribution in [2.75, 3.05) is 0 Å². The van der Waals surface area contributed by atoms with Crippen LogP contribution in [0.2, 0.25) is 5.02 Å². The van der Waals surface area contributed by atoms with Gasteiger partial charge < -0.3 is 5.11 Å². The quantitative estimate of drug-likeness (QED) is 0.660. The standard InChI is InChI=1S/C15H11ClF4N2O3/c1-3-4-7-12(9(17)5-8(16)13(7)24)22-11(23)6-10(15(18,19)20)21(2)14(22)25/h3,5-6,24H,1,4H2,2H3. The molecule has 0 saturated carbocycles. The lowest BCUT2D eigenvalue weighted by Crippen LogP contribution is -2.41. The Bertz CT molecular complexity index is 977. The zero-order chi connectivity index (χ0) is 19.1. The van der Waals surface area contributed by atoms with Crippen LogP contribution in [0.4, 0.5) is 17.6 Å². The first-order valence-electron chi connectivity index (χ1n) is 6.72. The topological polar surface area (TPSA) is 64.2 Å². The minimum absolute atomic E-state index is 0.171. The van der Waals surface area contributed by atoms with Gasteiger partial charge in [0.25, 0.3) is 5.56 Å². The second-order valence-corrected chi connectivity index (χ2v) is 5.46. The summed E-state index contributed by atoms with van der Waals surface area (Å²) in [6, 6.07) is 0.826. The normalized spacial score (nSPS) is 11.6. The van der Waals surface area contributed by atoms with Crippen LogP contribution in [0.5, 0.6) is 5.75 Å². The summed E-state index contributed by atoms with van der Waals surface area (Å²) in [4.78, 5) is 24.4. The third-order valence-electron chi connectivity index (χ3n) is 3.46. The molecule has 5 nitrogen and oxygen atoms in total. The lowest BCUT2D eigenvalue weighted by Gasteiger charge is -2.17. The van der Waals surface area contributed by atoms with Crippen LogP contribution in [0.3, 0.4) is 0 Å². The van der Waals surface area contributed by atoms with Gasteiger partial charge in [-0.1, -0.05) is 17.7 Å². The fraction of sp³-hybridized carbons (Fsp3) is 0.200. The molecule has 25 heavy (non-hydrogen) atoms. The van der Waals surface area contributed by atoms with Crippen molar-refractivity contribution in [1.29, 1.82) is 0 Å². The maximum absolute atomic E-state index is 14.4. The number of benzene rings is 1. The Balaban J connectivity index is 2.97. The maximum atomic E-state index is 14.4. The van der Waals surface area contributed by atoms with Crippen LogP contribution >= 0.6 is 11.6 Å². The van der Waals surface area contributed by atoms with E-state index in [1.807, 2.05) is 0 Å². The van der Waals surface area contributed by atoms with Gasteiger partial charge in [-0.2, -0.15) is 13.2 Å². The lowest BCUT2D eigenvalue weighted by atomic mass is 10.1. The molecule has 0 amide bonds. The fourth-order valence-electron chi connectivity index (χ4n) is 2.33. The van der Waals surface area contributed by atoms with Gasteiger partial charge in [0.15, 0.2) is 0 Å². The molecule has 0 atom stereocenters. The Morgan fingerprint density at radius 2 is 1.92 bits per heavy atom. The Kier molecular flexibility index (Phi) is 4.81. The van der Waals surface area contributed by atoms with Crippen LogP contribution in [0, 0.1) is 5.82 Å². The maximum Gasteiger partial charge on any atom is 0.431 e. The highest BCUT2D eigenvalue weighted by atomic mass is 35.5. The monoisotopic (exact) mass is 378 g/mol. The van der Waals surface area contributed by atoms with E-state index >= 15 is 0 Å². The molecule has 0 saturated heterocycles. The number of nitrogens with zero attached hydrogens (tertiary/aromatic N) is 2. The molecular weight excluding hydrogens is 368 g/mol. The van der Waals surface area contributed by atoms with Gasteiger partial charge in [0.05, 0.1) is 10.7 Å². The molecule has 0 spiro atoms. The number of aromatic nitrogens is 2. The van der Waals surface area contributed by atoms with Crippen LogP contribution in [0.15, 0.2) is 34.4 Å². The van der Waals surface area contributed by atoms with Crippen LogP contribution < -0.4 is 11.2 Å². The molecular formula is C15H11ClF4N2O3. The van der Waals surface area contributed by atoms with E-state index in [-0.39, 0.29) is 32.2 Å². The van der Waals surface area contributed by atoms with E-state index < -0.39 is 40.4 Å². The van der Waals surface area contributed by atoms with Crippen molar-refractivity contribution in [1.82, 2.24) is 9.13 Å². The highest BCUT2D eigenvalue weighted by Gasteiger charge is 2.35. The molecule has 0 aliphatic carbocycles. The van der Waals surface area contributed by atoms with E-state index in [1.54, 1.807) is 0 Å². The highest BCUT2D eigenvalue weighted by molar-refractivity contribution is 6.32. The molecule has 0 aliphatic rings. The largest absolute Gasteiger partial charge is 0.506 e. The van der Waals surface area contributed by atoms with E-state index in [2.05, 4.69) is 6.58 Å². The summed E-state index contributed by atoms with van der Waals surface area (Å²) in [6.07, 6.45) is -3.89. The predicted octanol–water partition coefficient (Wildman–Crippen LogP) is 2.78.